The van der Waals surface area contributed by atoms with Crippen LogP contribution in [0.25, 0.3) is 10.8 Å². The molecule has 0 spiro atoms. The number of allylic oxidation sites excluding steroid dienone is 1. The normalized spacial score (nSPS) is 30.8. The number of halogens is 2. The van der Waals surface area contributed by atoms with Crippen LogP contribution in [0.3, 0.4) is 0 Å². The lowest BCUT2D eigenvalue weighted by Crippen LogP contribution is -2.64. The molecule has 59 heavy (non-hydrogen) atoms. The molecule has 19 heteroatoms. The quantitative estimate of drug-likeness (QED) is 0.218. The fourth-order valence-corrected chi connectivity index (χ4v) is 9.87. The van der Waals surface area contributed by atoms with Crippen molar-refractivity contribution in [2.75, 3.05) is 13.7 Å². The number of aromatic nitrogens is 2. The molecule has 3 heterocycles. The highest BCUT2D eigenvalue weighted by Gasteiger charge is 2.71. The lowest BCUT2D eigenvalue weighted by molar-refractivity contribution is -0.219. The van der Waals surface area contributed by atoms with Crippen LogP contribution in [0.4, 0.5) is 13.6 Å². The molecule has 324 valence electrons. The lowest BCUT2D eigenvalue weighted by atomic mass is 9.86. The summed E-state index contributed by atoms with van der Waals surface area (Å²) in [5.74, 6) is -5.58. The number of benzene rings is 1. The van der Waals surface area contributed by atoms with E-state index in [0.29, 0.717) is 25.7 Å². The summed E-state index contributed by atoms with van der Waals surface area (Å²) in [5.41, 5.74) is -5.13. The molecule has 0 radical (unpaired) electrons. The minimum atomic E-state index is -4.35. The molecule has 8 atom stereocenters. The van der Waals surface area contributed by atoms with Gasteiger partial charge in [-0.2, -0.15) is 8.78 Å². The smallest absolute Gasteiger partial charge is 0.408 e. The number of amides is 4. The Hall–Kier alpha value is -4.65. The van der Waals surface area contributed by atoms with Crippen LogP contribution >= 0.6 is 0 Å². The van der Waals surface area contributed by atoms with E-state index < -0.39 is 104 Å². The Labute approximate surface area is 341 Å². The summed E-state index contributed by atoms with van der Waals surface area (Å²) < 4.78 is 75.6. The molecule has 4 aliphatic rings. The van der Waals surface area contributed by atoms with Crippen molar-refractivity contribution in [1.29, 1.82) is 0 Å². The second-order valence-electron chi connectivity index (χ2n) is 16.8. The number of nitrogens with one attached hydrogen (secondary N) is 2. The standard InChI is InChI=1S/C40H54F2N6O10S/c1-7-25(4)47(37(53)54)31-24(3)20-23(2)12-8-9-13-26-21-39(26,36(52)45-59(55,56)27-16-17-27)43-32(49)30-22-38(5,40(41,42)48(30)35(31)51)58-33-28-14-10-11-15-29(28)34(50)46(44-33)18-19-57-6/h9-11,13-15,23-27,30-31H,7-8,12,16-22H2,1-6H3,(H,43,49)(H,45,52)(H,53,54)/b13-9-/t23-,24+,25?,26+,30-,31-,38+,39+/m0/s1. The monoisotopic (exact) mass is 848 g/mol. The number of nitrogens with zero attached hydrogens (tertiary/aromatic N) is 4. The first-order chi connectivity index (χ1) is 27.7. The number of alkyl halides is 2. The van der Waals surface area contributed by atoms with E-state index in [9.17, 15) is 32.7 Å². The summed E-state index contributed by atoms with van der Waals surface area (Å²) >= 11 is 0. The predicted molar refractivity (Wildman–Crippen MR) is 211 cm³/mol. The van der Waals surface area contributed by atoms with Crippen molar-refractivity contribution >= 4 is 44.6 Å². The molecule has 6 rings (SSSR count). The van der Waals surface area contributed by atoms with E-state index in [0.717, 1.165) is 16.5 Å². The average molecular weight is 849 g/mol. The number of carboxylic acid groups (broad SMARTS) is 1. The first kappa shape index (κ1) is 43.9. The fourth-order valence-electron chi connectivity index (χ4n) is 8.51. The number of methoxy groups -OCH3 is 1. The molecule has 2 aromatic rings. The van der Waals surface area contributed by atoms with Gasteiger partial charge in [0.25, 0.3) is 17.4 Å². The summed E-state index contributed by atoms with van der Waals surface area (Å²) in [4.78, 5) is 70.9. The van der Waals surface area contributed by atoms with Crippen molar-refractivity contribution in [3.05, 3.63) is 46.8 Å². The highest BCUT2D eigenvalue weighted by Crippen LogP contribution is 2.51. The number of hydrogen-bond donors (Lipinski definition) is 3. The molecule has 0 bridgehead atoms. The van der Waals surface area contributed by atoms with Gasteiger partial charge in [0.1, 0.15) is 17.6 Å². The Morgan fingerprint density at radius 2 is 1.80 bits per heavy atom. The number of rotatable bonds is 11. The second-order valence-corrected chi connectivity index (χ2v) is 18.8. The first-order valence-corrected chi connectivity index (χ1v) is 21.7. The molecule has 4 amide bonds. The van der Waals surface area contributed by atoms with Gasteiger partial charge in [-0.3, -0.25) is 33.7 Å². The third kappa shape index (κ3) is 8.28. The number of carbonyl (C=O) groups is 4. The van der Waals surface area contributed by atoms with E-state index in [2.05, 4.69) is 15.1 Å². The zero-order valence-corrected chi connectivity index (χ0v) is 35.0. The summed E-state index contributed by atoms with van der Waals surface area (Å²) in [6, 6.07) is -2.83. The molecule has 2 aliphatic carbocycles. The first-order valence-electron chi connectivity index (χ1n) is 20.2. The maximum atomic E-state index is 17.7. The van der Waals surface area contributed by atoms with Crippen LogP contribution in [0.15, 0.2) is 41.2 Å². The van der Waals surface area contributed by atoms with E-state index in [-0.39, 0.29) is 54.0 Å². The van der Waals surface area contributed by atoms with E-state index in [4.69, 9.17) is 9.47 Å². The Kier molecular flexibility index (Phi) is 12.2. The maximum absolute atomic E-state index is 17.7. The minimum absolute atomic E-state index is 0.0406. The van der Waals surface area contributed by atoms with Crippen molar-refractivity contribution in [2.45, 2.75) is 133 Å². The van der Waals surface area contributed by atoms with Gasteiger partial charge in [0.05, 0.1) is 29.2 Å². The van der Waals surface area contributed by atoms with Gasteiger partial charge < -0.3 is 19.9 Å². The van der Waals surface area contributed by atoms with Gasteiger partial charge in [0, 0.05) is 25.5 Å². The number of sulfonamides is 1. The van der Waals surface area contributed by atoms with Gasteiger partial charge >= 0.3 is 12.1 Å². The van der Waals surface area contributed by atoms with Gasteiger partial charge in [-0.25, -0.2) is 17.9 Å². The second kappa shape index (κ2) is 16.4. The predicted octanol–water partition coefficient (Wildman–Crippen LogP) is 4.02. The van der Waals surface area contributed by atoms with Gasteiger partial charge in [0.2, 0.25) is 21.8 Å². The molecule has 1 aromatic carbocycles. The summed E-state index contributed by atoms with van der Waals surface area (Å²) in [6.45, 7) is 7.78. The van der Waals surface area contributed by atoms with Gasteiger partial charge in [-0.05, 0) is 82.8 Å². The van der Waals surface area contributed by atoms with Crippen molar-refractivity contribution in [3.63, 3.8) is 0 Å². The number of hydrogen-bond acceptors (Lipinski definition) is 10. The zero-order chi connectivity index (χ0) is 43.2. The molecule has 2 saturated carbocycles. The Balaban J connectivity index is 1.50. The Morgan fingerprint density at radius 1 is 1.12 bits per heavy atom. The van der Waals surface area contributed by atoms with Crippen LogP contribution in [0.1, 0.15) is 86.0 Å². The highest BCUT2D eigenvalue weighted by molar-refractivity contribution is 7.91. The molecule has 1 unspecified atom stereocenters. The van der Waals surface area contributed by atoms with Gasteiger partial charge in [-0.1, -0.05) is 45.1 Å². The third-order valence-corrected chi connectivity index (χ3v) is 14.2. The van der Waals surface area contributed by atoms with Gasteiger partial charge in [0.15, 0.2) is 5.60 Å². The number of carbonyl (C=O) groups excluding carboxylic acids is 3. The van der Waals surface area contributed by atoms with Gasteiger partial charge in [-0.15, -0.1) is 5.10 Å². The Bertz CT molecular complexity index is 2180. The fraction of sp³-hybridized carbons (Fsp3) is 0.650. The Morgan fingerprint density at radius 3 is 2.42 bits per heavy atom. The summed E-state index contributed by atoms with van der Waals surface area (Å²) in [6.07, 6.45) is 3.38. The number of fused-ring (bicyclic) bond motifs is 3. The molecule has 3 fully saturated rings. The van der Waals surface area contributed by atoms with E-state index in [1.54, 1.807) is 39.0 Å². The van der Waals surface area contributed by atoms with Crippen molar-refractivity contribution in [3.8, 4) is 5.88 Å². The van der Waals surface area contributed by atoms with E-state index in [1.807, 2.05) is 13.0 Å². The van der Waals surface area contributed by atoms with Crippen LogP contribution < -0.4 is 20.3 Å². The molecule has 3 N–H and O–H groups in total. The van der Waals surface area contributed by atoms with Crippen LogP contribution in [-0.2, 0) is 35.7 Å². The number of ether oxygens (including phenoxy) is 2. The SMILES string of the molecule is CCC(C)N(C(=O)O)[C@@H]1C(=O)N2[C@@H](C[C@@](C)(Oc3nn(CCOC)c(=O)c4ccccc34)C2(F)F)C(=O)N[C@]2(C(=O)NS(=O)(=O)C3CC3)C[C@H]2/C=C\CC[C@H](C)C[C@H]1C. The largest absolute Gasteiger partial charge is 0.465 e. The van der Waals surface area contributed by atoms with Crippen LogP contribution in [-0.4, -0.2) is 111 Å². The molecule has 1 aromatic heterocycles. The highest BCUT2D eigenvalue weighted by atomic mass is 32.2. The van der Waals surface area contributed by atoms with E-state index >= 15 is 13.6 Å². The van der Waals surface area contributed by atoms with Crippen LogP contribution in [0, 0.1) is 17.8 Å². The molecule has 1 saturated heterocycles. The van der Waals surface area contributed by atoms with Crippen LogP contribution in [0.2, 0.25) is 0 Å². The lowest BCUT2D eigenvalue weighted by Gasteiger charge is -2.42. The topological polar surface area (TPSA) is 207 Å². The van der Waals surface area contributed by atoms with Crippen LogP contribution in [0.5, 0.6) is 5.88 Å². The molecular weight excluding hydrogens is 795 g/mol. The van der Waals surface area contributed by atoms with Crippen molar-refractivity contribution in [2.24, 2.45) is 17.8 Å². The molecule has 16 nitrogen and oxygen atoms in total. The molecular formula is C40H54F2N6O10S. The minimum Gasteiger partial charge on any atom is -0.465 e. The van der Waals surface area contributed by atoms with Crippen molar-refractivity contribution in [1.82, 2.24) is 29.6 Å². The van der Waals surface area contributed by atoms with E-state index in [1.165, 1.54) is 19.2 Å². The maximum Gasteiger partial charge on any atom is 0.408 e. The third-order valence-electron chi connectivity index (χ3n) is 12.3. The average Bonchev–Trinajstić information content (AvgIpc) is 4.11. The zero-order valence-electron chi connectivity index (χ0n) is 34.2. The summed E-state index contributed by atoms with van der Waals surface area (Å²) in [5, 5.41) is 16.8. The van der Waals surface area contributed by atoms with Crippen molar-refractivity contribution < 1.29 is 51.0 Å². The molecule has 2 aliphatic heterocycles. The summed E-state index contributed by atoms with van der Waals surface area (Å²) in [7, 11) is -2.68.